The van der Waals surface area contributed by atoms with Crippen molar-refractivity contribution in [2.75, 3.05) is 5.75 Å². The van der Waals surface area contributed by atoms with Gasteiger partial charge in [-0.05, 0) is 23.8 Å². The number of carbonyl (C=O) groups is 1. The van der Waals surface area contributed by atoms with Gasteiger partial charge >= 0.3 is 0 Å². The van der Waals surface area contributed by atoms with E-state index in [-0.39, 0.29) is 23.0 Å². The molecular weight excluding hydrogens is 394 g/mol. The number of allylic oxidation sites excluding steroid dienone is 1. The summed E-state index contributed by atoms with van der Waals surface area (Å²) < 4.78 is 1.95. The number of nitriles is 1. The lowest BCUT2D eigenvalue weighted by Crippen LogP contribution is -2.49. The zero-order chi connectivity index (χ0) is 22.5. The molecule has 0 aliphatic heterocycles. The fourth-order valence-electron chi connectivity index (χ4n) is 2.78. The van der Waals surface area contributed by atoms with Crippen molar-refractivity contribution >= 4 is 17.7 Å². The second-order valence-electron chi connectivity index (χ2n) is 8.84. The smallest absolute Gasteiger partial charge is 0.231 e. The van der Waals surface area contributed by atoms with Crippen LogP contribution in [0.5, 0.6) is 0 Å². The van der Waals surface area contributed by atoms with Crippen molar-refractivity contribution in [2.24, 2.45) is 5.92 Å². The molecule has 0 saturated heterocycles. The van der Waals surface area contributed by atoms with Gasteiger partial charge in [-0.2, -0.15) is 5.26 Å². The van der Waals surface area contributed by atoms with Gasteiger partial charge in [-0.25, -0.2) is 0 Å². The number of carbonyl (C=O) groups excluding carboxylic acids is 1. The molecule has 1 heterocycles. The molecule has 1 amide bonds. The molecule has 0 aliphatic carbocycles. The SMILES string of the molecule is C=CCn1c(SCC(=O)N[C@](C)(C#N)C(C)C)nnc1-c1ccc(C(C)(C)C)cc1. The van der Waals surface area contributed by atoms with Crippen molar-refractivity contribution in [2.45, 2.75) is 64.2 Å². The predicted molar refractivity (Wildman–Crippen MR) is 122 cm³/mol. The highest BCUT2D eigenvalue weighted by Crippen LogP contribution is 2.28. The Balaban J connectivity index is 2.19. The summed E-state index contributed by atoms with van der Waals surface area (Å²) in [6.45, 7) is 16.5. The second-order valence-corrected chi connectivity index (χ2v) is 9.78. The molecule has 0 radical (unpaired) electrons. The van der Waals surface area contributed by atoms with Gasteiger partial charge in [-0.15, -0.1) is 16.8 Å². The van der Waals surface area contributed by atoms with Crippen LogP contribution in [-0.2, 0) is 16.8 Å². The molecule has 1 aromatic heterocycles. The van der Waals surface area contributed by atoms with Crippen LogP contribution >= 0.6 is 11.8 Å². The minimum Gasteiger partial charge on any atom is -0.337 e. The number of aromatic nitrogens is 3. The topological polar surface area (TPSA) is 83.6 Å². The summed E-state index contributed by atoms with van der Waals surface area (Å²) in [6.07, 6.45) is 1.78. The summed E-state index contributed by atoms with van der Waals surface area (Å²) in [6, 6.07) is 10.5. The first-order valence-corrected chi connectivity index (χ1v) is 11.0. The summed E-state index contributed by atoms with van der Waals surface area (Å²) >= 11 is 1.30. The second kappa shape index (κ2) is 9.48. The Bertz CT molecular complexity index is 934. The first kappa shape index (κ1) is 23.7. The molecule has 160 valence electrons. The Kier molecular flexibility index (Phi) is 7.49. The largest absolute Gasteiger partial charge is 0.337 e. The van der Waals surface area contributed by atoms with Crippen LogP contribution in [0.15, 0.2) is 42.1 Å². The Morgan fingerprint density at radius 2 is 1.90 bits per heavy atom. The number of thioether (sulfide) groups is 1. The third kappa shape index (κ3) is 5.51. The molecule has 0 spiro atoms. The summed E-state index contributed by atoms with van der Waals surface area (Å²) in [7, 11) is 0. The van der Waals surface area contributed by atoms with Crippen LogP contribution in [0.25, 0.3) is 11.4 Å². The van der Waals surface area contributed by atoms with Gasteiger partial charge in [0.05, 0.1) is 11.8 Å². The molecule has 7 heteroatoms. The summed E-state index contributed by atoms with van der Waals surface area (Å²) in [5.41, 5.74) is 1.39. The molecule has 1 aromatic carbocycles. The van der Waals surface area contributed by atoms with Gasteiger partial charge in [0.1, 0.15) is 5.54 Å². The van der Waals surface area contributed by atoms with Gasteiger partial charge in [0.15, 0.2) is 11.0 Å². The zero-order valence-electron chi connectivity index (χ0n) is 18.7. The first-order chi connectivity index (χ1) is 14.0. The van der Waals surface area contributed by atoms with E-state index in [2.05, 4.69) is 61.1 Å². The number of benzene rings is 1. The number of amides is 1. The third-order valence-electron chi connectivity index (χ3n) is 5.16. The van der Waals surface area contributed by atoms with Gasteiger partial charge in [-0.3, -0.25) is 9.36 Å². The van der Waals surface area contributed by atoms with Crippen LogP contribution < -0.4 is 5.32 Å². The molecule has 0 fully saturated rings. The van der Waals surface area contributed by atoms with Crippen LogP contribution in [0, 0.1) is 17.2 Å². The normalized spacial score (nSPS) is 13.5. The lowest BCUT2D eigenvalue weighted by molar-refractivity contribution is -0.120. The summed E-state index contributed by atoms with van der Waals surface area (Å²) in [5.74, 6) is 0.690. The van der Waals surface area contributed by atoms with Crippen molar-refractivity contribution in [1.29, 1.82) is 5.26 Å². The van der Waals surface area contributed by atoms with Crippen LogP contribution in [0.4, 0.5) is 0 Å². The molecule has 1 N–H and O–H groups in total. The maximum Gasteiger partial charge on any atom is 0.231 e. The van der Waals surface area contributed by atoms with E-state index in [1.807, 2.05) is 30.5 Å². The lowest BCUT2D eigenvalue weighted by atomic mass is 9.87. The highest BCUT2D eigenvalue weighted by Gasteiger charge is 2.30. The Morgan fingerprint density at radius 1 is 1.27 bits per heavy atom. The van der Waals surface area contributed by atoms with E-state index in [1.165, 1.54) is 17.3 Å². The average Bonchev–Trinajstić information content (AvgIpc) is 3.08. The Morgan fingerprint density at radius 3 is 2.40 bits per heavy atom. The van der Waals surface area contributed by atoms with Crippen molar-refractivity contribution in [1.82, 2.24) is 20.1 Å². The average molecular weight is 426 g/mol. The fourth-order valence-corrected chi connectivity index (χ4v) is 3.53. The van der Waals surface area contributed by atoms with Crippen molar-refractivity contribution in [3.05, 3.63) is 42.5 Å². The van der Waals surface area contributed by atoms with Crippen molar-refractivity contribution in [3.8, 4) is 17.5 Å². The van der Waals surface area contributed by atoms with Crippen molar-refractivity contribution < 1.29 is 4.79 Å². The summed E-state index contributed by atoms with van der Waals surface area (Å²) in [4.78, 5) is 12.4. The van der Waals surface area contributed by atoms with E-state index in [4.69, 9.17) is 0 Å². The van der Waals surface area contributed by atoms with Gasteiger partial charge in [0, 0.05) is 12.1 Å². The van der Waals surface area contributed by atoms with E-state index in [0.717, 1.165) is 11.4 Å². The molecule has 30 heavy (non-hydrogen) atoms. The first-order valence-electron chi connectivity index (χ1n) is 10.0. The van der Waals surface area contributed by atoms with E-state index < -0.39 is 5.54 Å². The van der Waals surface area contributed by atoms with E-state index in [1.54, 1.807) is 13.0 Å². The maximum atomic E-state index is 12.4. The van der Waals surface area contributed by atoms with Crippen molar-refractivity contribution in [3.63, 3.8) is 0 Å². The van der Waals surface area contributed by atoms with Gasteiger partial charge in [0.2, 0.25) is 5.91 Å². The lowest BCUT2D eigenvalue weighted by Gasteiger charge is -2.27. The predicted octanol–water partition coefficient (Wildman–Crippen LogP) is 4.58. The van der Waals surface area contributed by atoms with Gasteiger partial charge < -0.3 is 5.32 Å². The minimum atomic E-state index is -0.896. The van der Waals surface area contributed by atoms with Gasteiger partial charge in [-0.1, -0.05) is 76.7 Å². The molecule has 2 aromatic rings. The Labute approximate surface area is 183 Å². The third-order valence-corrected chi connectivity index (χ3v) is 6.12. The molecule has 0 aliphatic rings. The maximum absolute atomic E-state index is 12.4. The van der Waals surface area contributed by atoms with E-state index in [9.17, 15) is 10.1 Å². The zero-order valence-corrected chi connectivity index (χ0v) is 19.5. The minimum absolute atomic E-state index is 0.00328. The number of rotatable bonds is 8. The molecule has 0 unspecified atom stereocenters. The molecule has 0 saturated carbocycles. The quantitative estimate of drug-likeness (QED) is 0.494. The van der Waals surface area contributed by atoms with E-state index in [0.29, 0.717) is 11.7 Å². The van der Waals surface area contributed by atoms with E-state index >= 15 is 0 Å². The monoisotopic (exact) mass is 425 g/mol. The van der Waals surface area contributed by atoms with Crippen LogP contribution in [-0.4, -0.2) is 32.0 Å². The number of nitrogens with one attached hydrogen (secondary N) is 1. The van der Waals surface area contributed by atoms with Gasteiger partial charge in [0.25, 0.3) is 0 Å². The summed E-state index contributed by atoms with van der Waals surface area (Å²) in [5, 5.41) is 21.5. The molecule has 2 rings (SSSR count). The standard InChI is InChI=1S/C23H31N5OS/c1-8-13-28-20(17-9-11-18(12-10-17)22(4,5)6)26-27-21(28)30-14-19(29)25-23(7,15-24)16(2)3/h8-12,16H,1,13-14H2,2-7H3,(H,25,29)/t23-/m1/s1. The number of hydrogen-bond donors (Lipinski definition) is 1. The molecule has 6 nitrogen and oxygen atoms in total. The highest BCUT2D eigenvalue weighted by atomic mass is 32.2. The van der Waals surface area contributed by atoms with Crippen LogP contribution in [0.1, 0.15) is 47.1 Å². The van der Waals surface area contributed by atoms with Crippen LogP contribution in [0.3, 0.4) is 0 Å². The number of hydrogen-bond acceptors (Lipinski definition) is 5. The Hall–Kier alpha value is -2.59. The highest BCUT2D eigenvalue weighted by molar-refractivity contribution is 7.99. The molecule has 1 atom stereocenters. The van der Waals surface area contributed by atoms with Crippen LogP contribution in [0.2, 0.25) is 0 Å². The fraction of sp³-hybridized carbons (Fsp3) is 0.478. The molecule has 0 bridgehead atoms. The molecular formula is C23H31N5OS. The number of nitrogens with zero attached hydrogens (tertiary/aromatic N) is 4.